The Morgan fingerprint density at radius 3 is 2.48 bits per heavy atom. The Balaban J connectivity index is 1.65. The van der Waals surface area contributed by atoms with E-state index in [1.807, 2.05) is 30.3 Å². The molecule has 0 heterocycles. The molecule has 0 radical (unpaired) electrons. The molecule has 122 valence electrons. The molecule has 0 spiro atoms. The number of urea groups is 1. The number of amides is 2. The Morgan fingerprint density at radius 2 is 1.78 bits per heavy atom. The van der Waals surface area contributed by atoms with E-state index < -0.39 is 0 Å². The molecule has 2 rings (SSSR count). The van der Waals surface area contributed by atoms with Gasteiger partial charge in [-0.2, -0.15) is 0 Å². The normalized spacial score (nSPS) is 10.2. The van der Waals surface area contributed by atoms with Gasteiger partial charge in [0.15, 0.2) is 0 Å². The lowest BCUT2D eigenvalue weighted by molar-refractivity contribution is 0.250. The topological polar surface area (TPSA) is 50.4 Å². The van der Waals surface area contributed by atoms with Gasteiger partial charge in [0.25, 0.3) is 0 Å². The van der Waals surface area contributed by atoms with Crippen molar-refractivity contribution in [3.05, 3.63) is 56.4 Å². The van der Waals surface area contributed by atoms with E-state index >= 15 is 0 Å². The fraction of sp³-hybridized carbons (Fsp3) is 0.188. The van der Waals surface area contributed by atoms with E-state index in [9.17, 15) is 4.79 Å². The summed E-state index contributed by atoms with van der Waals surface area (Å²) in [6, 6.07) is 12.6. The maximum atomic E-state index is 11.7. The molecule has 0 saturated heterocycles. The van der Waals surface area contributed by atoms with Gasteiger partial charge in [-0.3, -0.25) is 0 Å². The number of carbonyl (C=O) groups excluding carboxylic acids is 1. The number of carbonyl (C=O) groups is 1. The van der Waals surface area contributed by atoms with Crippen molar-refractivity contribution < 1.29 is 9.53 Å². The van der Waals surface area contributed by atoms with Gasteiger partial charge in [0.1, 0.15) is 5.75 Å². The first-order valence-corrected chi connectivity index (χ1v) is 8.89. The first kappa shape index (κ1) is 18.1. The zero-order chi connectivity index (χ0) is 16.7. The van der Waals surface area contributed by atoms with Gasteiger partial charge >= 0.3 is 6.03 Å². The number of rotatable bonds is 6. The fourth-order valence-electron chi connectivity index (χ4n) is 1.76. The van der Waals surface area contributed by atoms with Crippen LogP contribution in [0, 0.1) is 0 Å². The summed E-state index contributed by atoms with van der Waals surface area (Å²) in [5, 5.41) is 6.08. The molecule has 0 fully saturated rings. The molecule has 0 unspecified atom stereocenters. The second-order valence-electron chi connectivity index (χ2n) is 4.66. The van der Waals surface area contributed by atoms with Crippen molar-refractivity contribution >= 4 is 55.2 Å². The van der Waals surface area contributed by atoms with Crippen LogP contribution in [0.25, 0.3) is 0 Å². The molecule has 0 atom stereocenters. The lowest BCUT2D eigenvalue weighted by Crippen LogP contribution is -2.30. The highest BCUT2D eigenvalue weighted by atomic mass is 79.9. The third kappa shape index (κ3) is 6.41. The molecule has 0 bridgehead atoms. The first-order valence-electron chi connectivity index (χ1n) is 6.93. The van der Waals surface area contributed by atoms with E-state index in [-0.39, 0.29) is 6.03 Å². The predicted molar refractivity (Wildman–Crippen MR) is 100 cm³/mol. The molecule has 2 aromatic rings. The molecular weight excluding hydrogens is 447 g/mol. The molecule has 2 aromatic carbocycles. The molecule has 0 aliphatic rings. The zero-order valence-electron chi connectivity index (χ0n) is 12.1. The van der Waals surface area contributed by atoms with Crippen molar-refractivity contribution in [1.82, 2.24) is 5.32 Å². The molecule has 0 saturated carbocycles. The predicted octanol–water partition coefficient (Wildman–Crippen LogP) is 5.46. The molecule has 0 aliphatic heterocycles. The fourth-order valence-corrected chi connectivity index (χ4v) is 2.75. The lowest BCUT2D eigenvalue weighted by Gasteiger charge is -2.10. The van der Waals surface area contributed by atoms with Crippen LogP contribution in [-0.4, -0.2) is 19.2 Å². The highest BCUT2D eigenvalue weighted by molar-refractivity contribution is 9.10. The van der Waals surface area contributed by atoms with Gasteiger partial charge in [-0.15, -0.1) is 0 Å². The third-order valence-corrected chi connectivity index (χ3v) is 4.18. The number of hydrogen-bond donors (Lipinski definition) is 2. The minimum absolute atomic E-state index is 0.242. The first-order chi connectivity index (χ1) is 11.0. The van der Waals surface area contributed by atoms with E-state index in [0.717, 1.165) is 14.6 Å². The summed E-state index contributed by atoms with van der Waals surface area (Å²) < 4.78 is 7.44. The van der Waals surface area contributed by atoms with Crippen LogP contribution in [0.15, 0.2) is 51.4 Å². The van der Waals surface area contributed by atoms with Gasteiger partial charge in [-0.25, -0.2) is 4.79 Å². The highest BCUT2D eigenvalue weighted by Gasteiger charge is 2.03. The van der Waals surface area contributed by atoms with E-state index in [4.69, 9.17) is 16.3 Å². The molecular formula is C16H15Br2ClN2O2. The van der Waals surface area contributed by atoms with Gasteiger partial charge in [-0.1, -0.05) is 43.5 Å². The van der Waals surface area contributed by atoms with E-state index in [1.165, 1.54) is 0 Å². The summed E-state index contributed by atoms with van der Waals surface area (Å²) in [6.45, 7) is 0.983. The zero-order valence-corrected chi connectivity index (χ0v) is 16.0. The molecule has 0 aromatic heterocycles. The largest absolute Gasteiger partial charge is 0.492 e. The second kappa shape index (κ2) is 9.15. The molecule has 0 aliphatic carbocycles. The van der Waals surface area contributed by atoms with Crippen molar-refractivity contribution in [1.29, 1.82) is 0 Å². The molecule has 2 N–H and O–H groups in total. The molecule has 4 nitrogen and oxygen atoms in total. The summed E-state index contributed by atoms with van der Waals surface area (Å²) in [5.41, 5.74) is 0.739. The van der Waals surface area contributed by atoms with Gasteiger partial charge in [0.2, 0.25) is 0 Å². The van der Waals surface area contributed by atoms with Crippen LogP contribution in [0.2, 0.25) is 5.02 Å². The van der Waals surface area contributed by atoms with Crippen LogP contribution in [0.3, 0.4) is 0 Å². The van der Waals surface area contributed by atoms with Crippen LogP contribution >= 0.6 is 43.5 Å². The summed E-state index contributed by atoms with van der Waals surface area (Å²) in [4.78, 5) is 11.7. The van der Waals surface area contributed by atoms with E-state index in [0.29, 0.717) is 30.3 Å². The Morgan fingerprint density at radius 1 is 1.09 bits per heavy atom. The van der Waals surface area contributed by atoms with Crippen LogP contribution in [0.1, 0.15) is 6.42 Å². The summed E-state index contributed by atoms with van der Waals surface area (Å²) in [7, 11) is 0. The second-order valence-corrected chi connectivity index (χ2v) is 6.90. The van der Waals surface area contributed by atoms with Crippen LogP contribution in [0.4, 0.5) is 10.5 Å². The van der Waals surface area contributed by atoms with Gasteiger partial charge in [0, 0.05) is 21.2 Å². The Kier molecular flexibility index (Phi) is 7.20. The number of hydrogen-bond acceptors (Lipinski definition) is 2. The van der Waals surface area contributed by atoms with E-state index in [1.54, 1.807) is 12.1 Å². The number of benzene rings is 2. The van der Waals surface area contributed by atoms with Gasteiger partial charge < -0.3 is 15.4 Å². The van der Waals surface area contributed by atoms with Gasteiger partial charge in [-0.05, 0) is 48.9 Å². The minimum atomic E-state index is -0.242. The maximum absolute atomic E-state index is 11.7. The summed E-state index contributed by atoms with van der Waals surface area (Å²) in [5.74, 6) is 0.634. The minimum Gasteiger partial charge on any atom is -0.492 e. The summed E-state index contributed by atoms with van der Waals surface area (Å²) in [6.07, 6.45) is 0.681. The van der Waals surface area contributed by atoms with Crippen molar-refractivity contribution in [2.24, 2.45) is 0 Å². The number of nitrogens with one attached hydrogen (secondary N) is 2. The Hall–Kier alpha value is -1.24. The Labute approximate surface area is 156 Å². The number of halogens is 3. The SMILES string of the molecule is O=C(NCCCOc1ccc(Br)cc1Cl)Nc1ccc(Br)cc1. The maximum Gasteiger partial charge on any atom is 0.319 e. The highest BCUT2D eigenvalue weighted by Crippen LogP contribution is 2.27. The molecule has 2 amide bonds. The Bertz CT molecular complexity index is 666. The van der Waals surface area contributed by atoms with Crippen molar-refractivity contribution in [3.8, 4) is 5.75 Å². The van der Waals surface area contributed by atoms with Crippen molar-refractivity contribution in [2.45, 2.75) is 6.42 Å². The quantitative estimate of drug-likeness (QED) is 0.561. The molecule has 7 heteroatoms. The smallest absolute Gasteiger partial charge is 0.319 e. The lowest BCUT2D eigenvalue weighted by atomic mass is 10.3. The standard InChI is InChI=1S/C16H15Br2ClN2O2/c17-11-2-5-13(6-3-11)21-16(22)20-8-1-9-23-15-7-4-12(18)10-14(15)19/h2-7,10H,1,8-9H2,(H2,20,21,22). The van der Waals surface area contributed by atoms with Crippen molar-refractivity contribution in [2.75, 3.05) is 18.5 Å². The van der Waals surface area contributed by atoms with Crippen LogP contribution in [-0.2, 0) is 0 Å². The number of ether oxygens (including phenoxy) is 1. The average molecular weight is 463 g/mol. The monoisotopic (exact) mass is 460 g/mol. The van der Waals surface area contributed by atoms with E-state index in [2.05, 4.69) is 42.5 Å². The number of anilines is 1. The van der Waals surface area contributed by atoms with Gasteiger partial charge in [0.05, 0.1) is 11.6 Å². The van der Waals surface area contributed by atoms with Crippen LogP contribution < -0.4 is 15.4 Å². The van der Waals surface area contributed by atoms with Crippen molar-refractivity contribution in [3.63, 3.8) is 0 Å². The molecule has 23 heavy (non-hydrogen) atoms. The third-order valence-electron chi connectivity index (χ3n) is 2.86. The average Bonchev–Trinajstić information content (AvgIpc) is 2.51. The summed E-state index contributed by atoms with van der Waals surface area (Å²) >= 11 is 12.7. The van der Waals surface area contributed by atoms with Crippen LogP contribution in [0.5, 0.6) is 5.75 Å².